The maximum Gasteiger partial charge on any atom is 0.277 e. The number of aliphatic hydroxyl groups is 1. The Kier molecular flexibility index (Phi) is 4.61. The van der Waals surface area contributed by atoms with Gasteiger partial charge in [-0.25, -0.2) is 4.98 Å². The molecule has 0 unspecified atom stereocenters. The van der Waals surface area contributed by atoms with Crippen molar-refractivity contribution in [2.24, 2.45) is 0 Å². The van der Waals surface area contributed by atoms with E-state index >= 15 is 0 Å². The molecule has 3 rings (SSSR count). The molecule has 0 atom stereocenters. The number of amides is 2. The Morgan fingerprint density at radius 2 is 2.17 bits per heavy atom. The Morgan fingerprint density at radius 1 is 1.33 bits per heavy atom. The molecule has 0 fully saturated rings. The molecule has 0 saturated heterocycles. The second-order valence-electron chi connectivity index (χ2n) is 5.60. The predicted octanol–water partition coefficient (Wildman–Crippen LogP) is 1.83. The number of fused-ring (bicyclic) bond motifs is 1. The molecule has 0 bridgehead atoms. The SMILES string of the molecule is CCCCc1nc2cc(NC3=CC(=O)N(CCO)C3=O)ccc2o1. The summed E-state index contributed by atoms with van der Waals surface area (Å²) in [4.78, 5) is 29.3. The third kappa shape index (κ3) is 3.16. The van der Waals surface area contributed by atoms with E-state index in [9.17, 15) is 9.59 Å². The van der Waals surface area contributed by atoms with Crippen LogP contribution in [0.3, 0.4) is 0 Å². The summed E-state index contributed by atoms with van der Waals surface area (Å²) in [7, 11) is 0. The van der Waals surface area contributed by atoms with Gasteiger partial charge in [0.25, 0.3) is 11.8 Å². The van der Waals surface area contributed by atoms with Gasteiger partial charge >= 0.3 is 0 Å². The number of rotatable bonds is 7. The molecule has 0 spiro atoms. The summed E-state index contributed by atoms with van der Waals surface area (Å²) in [5.74, 6) is -0.177. The molecule has 1 aliphatic rings. The van der Waals surface area contributed by atoms with E-state index in [4.69, 9.17) is 9.52 Å². The quantitative estimate of drug-likeness (QED) is 0.752. The highest BCUT2D eigenvalue weighted by molar-refractivity contribution is 6.17. The fraction of sp³-hybridized carbons (Fsp3) is 0.353. The maximum atomic E-state index is 12.1. The number of unbranched alkanes of at least 4 members (excludes halogenated alkanes) is 1. The fourth-order valence-electron chi connectivity index (χ4n) is 2.55. The molecule has 2 amide bonds. The van der Waals surface area contributed by atoms with Crippen molar-refractivity contribution in [2.45, 2.75) is 26.2 Å². The third-order valence-corrected chi connectivity index (χ3v) is 3.79. The number of aliphatic hydroxyl groups excluding tert-OH is 1. The lowest BCUT2D eigenvalue weighted by Gasteiger charge is -2.13. The van der Waals surface area contributed by atoms with Gasteiger partial charge in [-0.05, 0) is 24.6 Å². The fourth-order valence-corrected chi connectivity index (χ4v) is 2.55. The number of anilines is 1. The van der Waals surface area contributed by atoms with Crippen LogP contribution in [0.1, 0.15) is 25.7 Å². The summed E-state index contributed by atoms with van der Waals surface area (Å²) in [6.07, 6.45) is 4.11. The number of aryl methyl sites for hydroxylation is 1. The Balaban J connectivity index is 1.77. The topological polar surface area (TPSA) is 95.7 Å². The van der Waals surface area contributed by atoms with Gasteiger partial charge in [0.2, 0.25) is 0 Å². The zero-order chi connectivity index (χ0) is 17.1. The van der Waals surface area contributed by atoms with Gasteiger partial charge in [-0.3, -0.25) is 14.5 Å². The standard InChI is InChI=1S/C17H19N3O4/c1-2-3-4-15-19-12-9-11(5-6-14(12)24-15)18-13-10-16(22)20(7-8-21)17(13)23/h5-6,9-10,18,21H,2-4,7-8H2,1H3. The number of nitrogens with one attached hydrogen (secondary N) is 1. The summed E-state index contributed by atoms with van der Waals surface area (Å²) in [5, 5.41) is 11.9. The molecule has 0 aliphatic carbocycles. The number of hydrogen-bond acceptors (Lipinski definition) is 6. The molecule has 0 saturated carbocycles. The Bertz CT molecular complexity index is 809. The Morgan fingerprint density at radius 3 is 2.92 bits per heavy atom. The van der Waals surface area contributed by atoms with Gasteiger partial charge in [-0.2, -0.15) is 0 Å². The molecule has 7 heteroatoms. The Labute approximate surface area is 139 Å². The number of carbonyl (C=O) groups is 2. The molecule has 2 heterocycles. The van der Waals surface area contributed by atoms with Gasteiger partial charge in [-0.1, -0.05) is 13.3 Å². The van der Waals surface area contributed by atoms with Crippen LogP contribution in [0.2, 0.25) is 0 Å². The molecular formula is C17H19N3O4. The maximum absolute atomic E-state index is 12.1. The Hall–Kier alpha value is -2.67. The number of β-amino-alcohol motifs (C(OH)–C–C–N with tert-alkyl or cyclic N) is 1. The van der Waals surface area contributed by atoms with E-state index in [1.807, 2.05) is 0 Å². The number of nitrogens with zero attached hydrogens (tertiary/aromatic N) is 2. The van der Waals surface area contributed by atoms with Crippen LogP contribution in [0.25, 0.3) is 11.1 Å². The first-order valence-electron chi connectivity index (χ1n) is 7.97. The van der Waals surface area contributed by atoms with Crippen LogP contribution in [0, 0.1) is 0 Å². The highest BCUT2D eigenvalue weighted by Gasteiger charge is 2.30. The zero-order valence-corrected chi connectivity index (χ0v) is 13.4. The molecule has 1 aliphatic heterocycles. The average Bonchev–Trinajstić information content (AvgIpc) is 3.08. The predicted molar refractivity (Wildman–Crippen MR) is 88.1 cm³/mol. The van der Waals surface area contributed by atoms with Gasteiger partial charge in [0.15, 0.2) is 11.5 Å². The molecule has 2 N–H and O–H groups in total. The van der Waals surface area contributed by atoms with Crippen molar-refractivity contribution in [3.8, 4) is 0 Å². The molecule has 24 heavy (non-hydrogen) atoms. The number of benzene rings is 1. The first kappa shape index (κ1) is 16.2. The highest BCUT2D eigenvalue weighted by Crippen LogP contribution is 2.23. The minimum atomic E-state index is -0.446. The van der Waals surface area contributed by atoms with Crippen molar-refractivity contribution in [1.29, 1.82) is 0 Å². The monoisotopic (exact) mass is 329 g/mol. The smallest absolute Gasteiger partial charge is 0.277 e. The third-order valence-electron chi connectivity index (χ3n) is 3.79. The minimum Gasteiger partial charge on any atom is -0.441 e. The second-order valence-corrected chi connectivity index (χ2v) is 5.60. The summed E-state index contributed by atoms with van der Waals surface area (Å²) in [6.45, 7) is 1.84. The molecule has 1 aromatic carbocycles. The van der Waals surface area contributed by atoms with E-state index in [2.05, 4.69) is 17.2 Å². The van der Waals surface area contributed by atoms with Crippen LogP contribution in [0.5, 0.6) is 0 Å². The van der Waals surface area contributed by atoms with Crippen molar-refractivity contribution >= 4 is 28.6 Å². The number of hydrogen-bond donors (Lipinski definition) is 2. The van der Waals surface area contributed by atoms with Crippen LogP contribution in [0.15, 0.2) is 34.4 Å². The summed E-state index contributed by atoms with van der Waals surface area (Å²) >= 11 is 0. The summed E-state index contributed by atoms with van der Waals surface area (Å²) < 4.78 is 5.67. The van der Waals surface area contributed by atoms with Crippen molar-refractivity contribution in [3.05, 3.63) is 35.9 Å². The number of carbonyl (C=O) groups excluding carboxylic acids is 2. The molecule has 126 valence electrons. The van der Waals surface area contributed by atoms with E-state index in [0.717, 1.165) is 24.2 Å². The van der Waals surface area contributed by atoms with Crippen molar-refractivity contribution in [3.63, 3.8) is 0 Å². The largest absolute Gasteiger partial charge is 0.441 e. The van der Waals surface area contributed by atoms with Crippen molar-refractivity contribution in [1.82, 2.24) is 9.88 Å². The van der Waals surface area contributed by atoms with E-state index < -0.39 is 11.8 Å². The zero-order valence-electron chi connectivity index (χ0n) is 13.4. The van der Waals surface area contributed by atoms with Crippen molar-refractivity contribution in [2.75, 3.05) is 18.5 Å². The lowest BCUT2D eigenvalue weighted by molar-refractivity contribution is -0.137. The van der Waals surface area contributed by atoms with E-state index in [1.54, 1.807) is 18.2 Å². The highest BCUT2D eigenvalue weighted by atomic mass is 16.3. The molecule has 7 nitrogen and oxygen atoms in total. The van der Waals surface area contributed by atoms with Crippen LogP contribution in [0.4, 0.5) is 5.69 Å². The number of aromatic nitrogens is 1. The van der Waals surface area contributed by atoms with Crippen LogP contribution in [-0.4, -0.2) is 40.0 Å². The van der Waals surface area contributed by atoms with E-state index in [0.29, 0.717) is 22.7 Å². The first-order valence-corrected chi connectivity index (χ1v) is 7.97. The van der Waals surface area contributed by atoms with Crippen LogP contribution >= 0.6 is 0 Å². The van der Waals surface area contributed by atoms with Crippen LogP contribution in [-0.2, 0) is 16.0 Å². The normalized spacial score (nSPS) is 14.6. The lowest BCUT2D eigenvalue weighted by Crippen LogP contribution is -2.34. The summed E-state index contributed by atoms with van der Waals surface area (Å²) in [6, 6.07) is 5.33. The lowest BCUT2D eigenvalue weighted by atomic mass is 10.2. The summed E-state index contributed by atoms with van der Waals surface area (Å²) in [5.41, 5.74) is 2.23. The molecular weight excluding hydrogens is 310 g/mol. The first-order chi connectivity index (χ1) is 11.6. The minimum absolute atomic E-state index is 0.0115. The average molecular weight is 329 g/mol. The second kappa shape index (κ2) is 6.84. The van der Waals surface area contributed by atoms with Gasteiger partial charge in [-0.15, -0.1) is 0 Å². The van der Waals surface area contributed by atoms with Gasteiger partial charge in [0.1, 0.15) is 11.2 Å². The van der Waals surface area contributed by atoms with Gasteiger partial charge in [0.05, 0.1) is 13.2 Å². The van der Waals surface area contributed by atoms with Gasteiger partial charge < -0.3 is 14.8 Å². The number of oxazole rings is 1. The van der Waals surface area contributed by atoms with Gasteiger partial charge in [0, 0.05) is 18.2 Å². The molecule has 1 aromatic heterocycles. The van der Waals surface area contributed by atoms with Crippen LogP contribution < -0.4 is 5.32 Å². The molecule has 0 radical (unpaired) electrons. The van der Waals surface area contributed by atoms with E-state index in [-0.39, 0.29) is 18.8 Å². The number of imide groups is 1. The van der Waals surface area contributed by atoms with Crippen molar-refractivity contribution < 1.29 is 19.1 Å². The van der Waals surface area contributed by atoms with E-state index in [1.165, 1.54) is 6.08 Å². The molecule has 2 aromatic rings.